The standard InChI is InChI=1S/C16H25ClN4O2/c1-11-12(2)14(19-18-13(11)17)20-7-6-8-21(10-9-20)15(22)23-16(3,4)5/h6-10H2,1-5H3. The van der Waals surface area contributed by atoms with Crippen molar-refractivity contribution in [2.45, 2.75) is 46.6 Å². The second-order valence-corrected chi connectivity index (χ2v) is 7.23. The van der Waals surface area contributed by atoms with E-state index in [0.29, 0.717) is 24.8 Å². The van der Waals surface area contributed by atoms with E-state index in [1.165, 1.54) is 0 Å². The van der Waals surface area contributed by atoms with Gasteiger partial charge in [-0.2, -0.15) is 0 Å². The third kappa shape index (κ3) is 4.47. The lowest BCUT2D eigenvalue weighted by molar-refractivity contribution is 0.0263. The topological polar surface area (TPSA) is 58.6 Å². The molecule has 1 amide bonds. The van der Waals surface area contributed by atoms with Crippen molar-refractivity contribution in [1.82, 2.24) is 15.1 Å². The Morgan fingerprint density at radius 2 is 1.78 bits per heavy atom. The summed E-state index contributed by atoms with van der Waals surface area (Å²) in [6.45, 7) is 12.4. The SMILES string of the molecule is Cc1c(Cl)nnc(N2CCCN(C(=O)OC(C)(C)C)CC2)c1C. The Hall–Kier alpha value is -1.56. The van der Waals surface area contributed by atoms with E-state index in [2.05, 4.69) is 15.1 Å². The zero-order valence-corrected chi connectivity index (χ0v) is 15.3. The number of ether oxygens (including phenoxy) is 1. The summed E-state index contributed by atoms with van der Waals surface area (Å²) >= 11 is 6.02. The first-order chi connectivity index (χ1) is 10.7. The van der Waals surface area contributed by atoms with Gasteiger partial charge in [-0.1, -0.05) is 11.6 Å². The van der Waals surface area contributed by atoms with E-state index in [9.17, 15) is 4.79 Å². The predicted octanol–water partition coefficient (Wildman–Crippen LogP) is 3.19. The average Bonchev–Trinajstić information content (AvgIpc) is 2.69. The lowest BCUT2D eigenvalue weighted by atomic mass is 10.2. The van der Waals surface area contributed by atoms with Gasteiger partial charge in [0, 0.05) is 26.2 Å². The van der Waals surface area contributed by atoms with E-state index in [1.54, 1.807) is 4.90 Å². The molecule has 0 bridgehead atoms. The highest BCUT2D eigenvalue weighted by Crippen LogP contribution is 2.24. The van der Waals surface area contributed by atoms with Gasteiger partial charge in [-0.05, 0) is 52.2 Å². The molecule has 1 aliphatic heterocycles. The molecule has 1 fully saturated rings. The van der Waals surface area contributed by atoms with Gasteiger partial charge in [-0.15, -0.1) is 10.2 Å². The Morgan fingerprint density at radius 1 is 1.09 bits per heavy atom. The van der Waals surface area contributed by atoms with E-state index >= 15 is 0 Å². The Labute approximate surface area is 142 Å². The molecule has 2 heterocycles. The van der Waals surface area contributed by atoms with Crippen molar-refractivity contribution in [1.29, 1.82) is 0 Å². The molecule has 0 saturated carbocycles. The summed E-state index contributed by atoms with van der Waals surface area (Å²) in [5.41, 5.74) is 1.51. The molecule has 1 aromatic rings. The lowest BCUT2D eigenvalue weighted by Crippen LogP contribution is -2.39. The highest BCUT2D eigenvalue weighted by molar-refractivity contribution is 6.30. The summed E-state index contributed by atoms with van der Waals surface area (Å²) < 4.78 is 5.46. The summed E-state index contributed by atoms with van der Waals surface area (Å²) in [7, 11) is 0. The second-order valence-electron chi connectivity index (χ2n) is 6.87. The molecule has 0 spiro atoms. The van der Waals surface area contributed by atoms with Crippen molar-refractivity contribution < 1.29 is 9.53 Å². The molecule has 6 nitrogen and oxygen atoms in total. The molecule has 0 atom stereocenters. The van der Waals surface area contributed by atoms with Crippen molar-refractivity contribution in [3.8, 4) is 0 Å². The number of aromatic nitrogens is 2. The first-order valence-electron chi connectivity index (χ1n) is 7.91. The number of amides is 1. The van der Waals surface area contributed by atoms with Gasteiger partial charge in [0.15, 0.2) is 11.0 Å². The first-order valence-corrected chi connectivity index (χ1v) is 8.29. The maximum atomic E-state index is 12.2. The molecule has 0 aromatic carbocycles. The Kier molecular flexibility index (Phi) is 5.34. The van der Waals surface area contributed by atoms with E-state index < -0.39 is 5.60 Å². The molecule has 128 valence electrons. The predicted molar refractivity (Wildman–Crippen MR) is 91.2 cm³/mol. The van der Waals surface area contributed by atoms with Gasteiger partial charge in [0.2, 0.25) is 0 Å². The quantitative estimate of drug-likeness (QED) is 0.785. The monoisotopic (exact) mass is 340 g/mol. The van der Waals surface area contributed by atoms with E-state index in [1.807, 2.05) is 34.6 Å². The van der Waals surface area contributed by atoms with E-state index in [0.717, 1.165) is 29.9 Å². The molecule has 0 aliphatic carbocycles. The fourth-order valence-corrected chi connectivity index (χ4v) is 2.68. The smallest absolute Gasteiger partial charge is 0.410 e. The molecule has 1 saturated heterocycles. The number of carbonyl (C=O) groups is 1. The maximum absolute atomic E-state index is 12.2. The maximum Gasteiger partial charge on any atom is 0.410 e. The van der Waals surface area contributed by atoms with Gasteiger partial charge >= 0.3 is 6.09 Å². The van der Waals surface area contributed by atoms with Gasteiger partial charge in [0.1, 0.15) is 5.60 Å². The highest BCUT2D eigenvalue weighted by atomic mass is 35.5. The van der Waals surface area contributed by atoms with Crippen LogP contribution in [0, 0.1) is 13.8 Å². The molecular weight excluding hydrogens is 316 g/mol. The van der Waals surface area contributed by atoms with Crippen LogP contribution in [0.1, 0.15) is 38.3 Å². The van der Waals surface area contributed by atoms with Crippen LogP contribution in [-0.4, -0.2) is 53.0 Å². The minimum atomic E-state index is -0.474. The second kappa shape index (κ2) is 6.91. The van der Waals surface area contributed by atoms with Crippen LogP contribution < -0.4 is 4.90 Å². The van der Waals surface area contributed by atoms with Crippen molar-refractivity contribution in [2.24, 2.45) is 0 Å². The van der Waals surface area contributed by atoms with Crippen LogP contribution in [0.4, 0.5) is 10.6 Å². The Bertz CT molecular complexity index is 586. The van der Waals surface area contributed by atoms with Gasteiger partial charge in [0.25, 0.3) is 0 Å². The molecule has 2 rings (SSSR count). The lowest BCUT2D eigenvalue weighted by Gasteiger charge is -2.27. The molecule has 1 aliphatic rings. The number of hydrogen-bond acceptors (Lipinski definition) is 5. The van der Waals surface area contributed by atoms with Crippen LogP contribution in [0.2, 0.25) is 5.15 Å². The van der Waals surface area contributed by atoms with Crippen LogP contribution in [0.5, 0.6) is 0 Å². The fraction of sp³-hybridized carbons (Fsp3) is 0.688. The molecule has 0 N–H and O–H groups in total. The van der Waals surface area contributed by atoms with E-state index in [4.69, 9.17) is 16.3 Å². The molecule has 0 radical (unpaired) electrons. The van der Waals surface area contributed by atoms with Gasteiger partial charge in [-0.25, -0.2) is 4.79 Å². The Balaban J connectivity index is 2.07. The van der Waals surface area contributed by atoms with E-state index in [-0.39, 0.29) is 6.09 Å². The van der Waals surface area contributed by atoms with Crippen molar-refractivity contribution >= 4 is 23.5 Å². The zero-order valence-electron chi connectivity index (χ0n) is 14.5. The third-order valence-electron chi connectivity index (χ3n) is 3.89. The first kappa shape index (κ1) is 17.8. The van der Waals surface area contributed by atoms with Crippen LogP contribution in [0.25, 0.3) is 0 Å². The fourth-order valence-electron chi connectivity index (χ4n) is 2.50. The van der Waals surface area contributed by atoms with Crippen LogP contribution in [0.3, 0.4) is 0 Å². The molecule has 0 unspecified atom stereocenters. The summed E-state index contributed by atoms with van der Waals surface area (Å²) in [6.07, 6.45) is 0.608. The van der Waals surface area contributed by atoms with Crippen LogP contribution >= 0.6 is 11.6 Å². The summed E-state index contributed by atoms with van der Waals surface area (Å²) in [5, 5.41) is 8.70. The summed E-state index contributed by atoms with van der Waals surface area (Å²) in [5.74, 6) is 0.845. The molecule has 23 heavy (non-hydrogen) atoms. The van der Waals surface area contributed by atoms with Crippen LogP contribution in [-0.2, 0) is 4.74 Å². The van der Waals surface area contributed by atoms with Gasteiger partial charge in [0.05, 0.1) is 0 Å². The third-order valence-corrected chi connectivity index (χ3v) is 4.25. The number of halogens is 1. The summed E-state index contributed by atoms with van der Waals surface area (Å²) in [4.78, 5) is 16.1. The minimum absolute atomic E-state index is 0.255. The molecule has 1 aromatic heterocycles. The van der Waals surface area contributed by atoms with Gasteiger partial charge < -0.3 is 14.5 Å². The van der Waals surface area contributed by atoms with Crippen molar-refractivity contribution in [2.75, 3.05) is 31.1 Å². The number of rotatable bonds is 1. The number of carbonyl (C=O) groups excluding carboxylic acids is 1. The largest absolute Gasteiger partial charge is 0.444 e. The highest BCUT2D eigenvalue weighted by Gasteiger charge is 2.25. The van der Waals surface area contributed by atoms with Crippen LogP contribution in [0.15, 0.2) is 0 Å². The van der Waals surface area contributed by atoms with Gasteiger partial charge in [-0.3, -0.25) is 0 Å². The molecule has 7 heteroatoms. The number of hydrogen-bond donors (Lipinski definition) is 0. The average molecular weight is 341 g/mol. The summed E-state index contributed by atoms with van der Waals surface area (Å²) in [6, 6.07) is 0. The Morgan fingerprint density at radius 3 is 2.43 bits per heavy atom. The molecular formula is C16H25ClN4O2. The number of nitrogens with zero attached hydrogens (tertiary/aromatic N) is 4. The minimum Gasteiger partial charge on any atom is -0.444 e. The normalized spacial score (nSPS) is 16.3. The van der Waals surface area contributed by atoms with Crippen molar-refractivity contribution in [3.63, 3.8) is 0 Å². The number of anilines is 1. The zero-order chi connectivity index (χ0) is 17.2. The van der Waals surface area contributed by atoms with Crippen molar-refractivity contribution in [3.05, 3.63) is 16.3 Å².